The van der Waals surface area contributed by atoms with Crippen LogP contribution < -0.4 is 11.5 Å². The molecular formula is C13H16N2O3. The normalized spacial score (nSPS) is 12.6. The second kappa shape index (κ2) is 5.12. The van der Waals surface area contributed by atoms with Crippen LogP contribution in [0.1, 0.15) is 5.56 Å². The van der Waals surface area contributed by atoms with Crippen molar-refractivity contribution in [1.82, 2.24) is 0 Å². The van der Waals surface area contributed by atoms with E-state index in [0.717, 1.165) is 16.7 Å². The lowest BCUT2D eigenvalue weighted by molar-refractivity contribution is 0.0957. The van der Waals surface area contributed by atoms with Gasteiger partial charge in [-0.3, -0.25) is 0 Å². The standard InChI is InChI=1S/C13H16N2O3/c14-9-3-11(8-1-2-18-7-8)12(13(15)4-9)5-10(17)6-16/h1-4,7,10,16-17H,5-6,14-15H2. The number of benzene rings is 1. The van der Waals surface area contributed by atoms with Crippen LogP contribution >= 0.6 is 0 Å². The van der Waals surface area contributed by atoms with Crippen molar-refractivity contribution in [2.45, 2.75) is 12.5 Å². The van der Waals surface area contributed by atoms with Crippen molar-refractivity contribution in [2.24, 2.45) is 0 Å². The van der Waals surface area contributed by atoms with Gasteiger partial charge in [0.05, 0.1) is 25.2 Å². The summed E-state index contributed by atoms with van der Waals surface area (Å²) in [6.07, 6.45) is 2.56. The van der Waals surface area contributed by atoms with Crippen LogP contribution in [0.3, 0.4) is 0 Å². The van der Waals surface area contributed by atoms with Crippen LogP contribution in [-0.4, -0.2) is 22.9 Å². The first-order valence-electron chi connectivity index (χ1n) is 5.61. The molecule has 6 N–H and O–H groups in total. The summed E-state index contributed by atoms with van der Waals surface area (Å²) in [6, 6.07) is 5.21. The van der Waals surface area contributed by atoms with Gasteiger partial charge in [-0.05, 0) is 29.3 Å². The van der Waals surface area contributed by atoms with Crippen LogP contribution in [0.15, 0.2) is 35.1 Å². The monoisotopic (exact) mass is 248 g/mol. The van der Waals surface area contributed by atoms with Crippen LogP contribution in [-0.2, 0) is 6.42 Å². The Morgan fingerprint density at radius 1 is 1.28 bits per heavy atom. The molecule has 0 saturated carbocycles. The van der Waals surface area contributed by atoms with Crippen molar-refractivity contribution < 1.29 is 14.6 Å². The molecule has 5 heteroatoms. The van der Waals surface area contributed by atoms with Crippen LogP contribution in [0.5, 0.6) is 0 Å². The number of furan rings is 1. The minimum absolute atomic E-state index is 0.267. The molecule has 2 rings (SSSR count). The topological polar surface area (TPSA) is 106 Å². The minimum Gasteiger partial charge on any atom is -0.472 e. The lowest BCUT2D eigenvalue weighted by Gasteiger charge is -2.15. The van der Waals surface area contributed by atoms with Crippen LogP contribution in [0, 0.1) is 0 Å². The van der Waals surface area contributed by atoms with Crippen LogP contribution in [0.4, 0.5) is 11.4 Å². The van der Waals surface area contributed by atoms with Gasteiger partial charge in [-0.2, -0.15) is 0 Å². The van der Waals surface area contributed by atoms with Gasteiger partial charge < -0.3 is 26.1 Å². The molecule has 0 fully saturated rings. The van der Waals surface area contributed by atoms with E-state index in [1.807, 2.05) is 0 Å². The summed E-state index contributed by atoms with van der Waals surface area (Å²) in [4.78, 5) is 0. The van der Waals surface area contributed by atoms with Gasteiger partial charge in [0.15, 0.2) is 0 Å². The van der Waals surface area contributed by atoms with E-state index < -0.39 is 6.10 Å². The van der Waals surface area contributed by atoms with E-state index in [-0.39, 0.29) is 13.0 Å². The molecule has 1 aromatic carbocycles. The zero-order chi connectivity index (χ0) is 13.1. The molecule has 0 spiro atoms. The Balaban J connectivity index is 2.49. The molecule has 0 aliphatic carbocycles. The molecule has 0 saturated heterocycles. The average molecular weight is 248 g/mol. The Labute approximate surface area is 105 Å². The molecule has 18 heavy (non-hydrogen) atoms. The fourth-order valence-corrected chi connectivity index (χ4v) is 1.92. The van der Waals surface area contributed by atoms with Gasteiger partial charge in [0, 0.05) is 23.4 Å². The second-order valence-electron chi connectivity index (χ2n) is 4.19. The Bertz CT molecular complexity index is 523. The van der Waals surface area contributed by atoms with Gasteiger partial charge in [0.1, 0.15) is 0 Å². The highest BCUT2D eigenvalue weighted by Gasteiger charge is 2.14. The fourth-order valence-electron chi connectivity index (χ4n) is 1.92. The van der Waals surface area contributed by atoms with E-state index in [0.29, 0.717) is 11.4 Å². The number of hydrogen-bond acceptors (Lipinski definition) is 5. The van der Waals surface area contributed by atoms with Crippen molar-refractivity contribution in [3.05, 3.63) is 36.3 Å². The molecule has 0 amide bonds. The molecule has 96 valence electrons. The third-order valence-corrected chi connectivity index (χ3v) is 2.79. The van der Waals surface area contributed by atoms with Crippen molar-refractivity contribution >= 4 is 11.4 Å². The van der Waals surface area contributed by atoms with Gasteiger partial charge in [0.25, 0.3) is 0 Å². The Kier molecular flexibility index (Phi) is 3.55. The van der Waals surface area contributed by atoms with Crippen LogP contribution in [0.2, 0.25) is 0 Å². The van der Waals surface area contributed by atoms with Gasteiger partial charge >= 0.3 is 0 Å². The third kappa shape index (κ3) is 2.47. The van der Waals surface area contributed by atoms with Crippen molar-refractivity contribution in [1.29, 1.82) is 0 Å². The summed E-state index contributed by atoms with van der Waals surface area (Å²) in [5.74, 6) is 0. The van der Waals surface area contributed by atoms with Gasteiger partial charge in [-0.15, -0.1) is 0 Å². The SMILES string of the molecule is Nc1cc(N)c(CC(O)CO)c(-c2ccoc2)c1. The van der Waals surface area contributed by atoms with Crippen LogP contribution in [0.25, 0.3) is 11.1 Å². The zero-order valence-corrected chi connectivity index (χ0v) is 9.84. The second-order valence-corrected chi connectivity index (χ2v) is 4.19. The minimum atomic E-state index is -0.846. The maximum absolute atomic E-state index is 9.57. The molecule has 1 heterocycles. The molecule has 0 aliphatic heterocycles. The quantitative estimate of drug-likeness (QED) is 0.604. The summed E-state index contributed by atoms with van der Waals surface area (Å²) in [6.45, 7) is -0.311. The van der Waals surface area contributed by atoms with Gasteiger partial charge in [-0.25, -0.2) is 0 Å². The van der Waals surface area contributed by atoms with Gasteiger partial charge in [-0.1, -0.05) is 0 Å². The Morgan fingerprint density at radius 2 is 2.06 bits per heavy atom. The number of rotatable bonds is 4. The highest BCUT2D eigenvalue weighted by atomic mass is 16.3. The lowest BCUT2D eigenvalue weighted by atomic mass is 9.95. The maximum Gasteiger partial charge on any atom is 0.0981 e. The number of nitrogens with two attached hydrogens (primary N) is 2. The van der Waals surface area contributed by atoms with E-state index >= 15 is 0 Å². The first-order valence-corrected chi connectivity index (χ1v) is 5.61. The first-order chi connectivity index (χ1) is 8.61. The molecule has 5 nitrogen and oxygen atoms in total. The Hall–Kier alpha value is -1.98. The Morgan fingerprint density at radius 3 is 2.67 bits per heavy atom. The fraction of sp³-hybridized carbons (Fsp3) is 0.231. The first kappa shape index (κ1) is 12.5. The molecular weight excluding hydrogens is 232 g/mol. The molecule has 1 atom stereocenters. The number of hydrogen-bond donors (Lipinski definition) is 4. The predicted molar refractivity (Wildman–Crippen MR) is 69.8 cm³/mol. The molecule has 1 aromatic heterocycles. The highest BCUT2D eigenvalue weighted by molar-refractivity contribution is 5.77. The number of aliphatic hydroxyl groups excluding tert-OH is 2. The van der Waals surface area contributed by atoms with E-state index in [1.165, 1.54) is 0 Å². The van der Waals surface area contributed by atoms with E-state index in [9.17, 15) is 5.11 Å². The largest absolute Gasteiger partial charge is 0.472 e. The lowest BCUT2D eigenvalue weighted by Crippen LogP contribution is -2.17. The van der Waals surface area contributed by atoms with Crippen molar-refractivity contribution in [3.8, 4) is 11.1 Å². The smallest absolute Gasteiger partial charge is 0.0981 e. The summed E-state index contributed by atoms with van der Waals surface area (Å²) < 4.78 is 5.04. The summed E-state index contributed by atoms with van der Waals surface area (Å²) in [5.41, 5.74) is 15.2. The molecule has 0 bridgehead atoms. The zero-order valence-electron chi connectivity index (χ0n) is 9.84. The maximum atomic E-state index is 9.57. The molecule has 1 unspecified atom stereocenters. The molecule has 0 aliphatic rings. The predicted octanol–water partition coefficient (Wildman–Crippen LogP) is 1.01. The number of anilines is 2. The van der Waals surface area contributed by atoms with Gasteiger partial charge in [0.2, 0.25) is 0 Å². The average Bonchev–Trinajstić information content (AvgIpc) is 2.85. The summed E-state index contributed by atoms with van der Waals surface area (Å²) >= 11 is 0. The van der Waals surface area contributed by atoms with Crippen molar-refractivity contribution in [3.63, 3.8) is 0 Å². The number of nitrogen functional groups attached to an aromatic ring is 2. The highest BCUT2D eigenvalue weighted by Crippen LogP contribution is 2.31. The van der Waals surface area contributed by atoms with E-state index in [4.69, 9.17) is 21.0 Å². The summed E-state index contributed by atoms with van der Waals surface area (Å²) in [5, 5.41) is 18.5. The third-order valence-electron chi connectivity index (χ3n) is 2.79. The molecule has 0 radical (unpaired) electrons. The number of aliphatic hydroxyl groups is 2. The molecule has 2 aromatic rings. The summed E-state index contributed by atoms with van der Waals surface area (Å²) in [7, 11) is 0. The van der Waals surface area contributed by atoms with E-state index in [2.05, 4.69) is 0 Å². The van der Waals surface area contributed by atoms with Crippen molar-refractivity contribution in [2.75, 3.05) is 18.1 Å². The van der Waals surface area contributed by atoms with E-state index in [1.54, 1.807) is 30.7 Å².